The molecule has 128 valence electrons. The molecular weight excluding hydrogens is 355 g/mol. The predicted molar refractivity (Wildman–Crippen MR) is 94.6 cm³/mol. The molecule has 0 aromatic carbocycles. The zero-order chi connectivity index (χ0) is 17.9. The lowest BCUT2D eigenvalue weighted by atomic mass is 10.3. The highest BCUT2D eigenvalue weighted by Gasteiger charge is 2.15. The van der Waals surface area contributed by atoms with Gasteiger partial charge in [0.05, 0.1) is 30.1 Å². The van der Waals surface area contributed by atoms with Crippen LogP contribution < -0.4 is 5.32 Å². The molecule has 4 aromatic rings. The second-order valence-electron chi connectivity index (χ2n) is 5.21. The number of hydrogen-bond acceptors (Lipinski definition) is 6. The quantitative estimate of drug-likeness (QED) is 0.600. The maximum atomic E-state index is 13.0. The third kappa shape index (κ3) is 3.20. The molecule has 26 heavy (non-hydrogen) atoms. The highest BCUT2D eigenvalue weighted by molar-refractivity contribution is 7.14. The van der Waals surface area contributed by atoms with E-state index in [0.29, 0.717) is 22.2 Å². The molecule has 0 saturated carbocycles. The first-order valence-corrected chi connectivity index (χ1v) is 8.40. The highest BCUT2D eigenvalue weighted by atomic mass is 32.1. The Labute approximate surface area is 151 Å². The van der Waals surface area contributed by atoms with E-state index >= 15 is 0 Å². The fourth-order valence-corrected chi connectivity index (χ4v) is 3.01. The standard InChI is InChI=1S/C17H11FN6OS/c18-11-1-2-13(21-7-11)14-9-26-17(22-14)23-16(25)15-8-20-10-24(15)12-3-5-19-6-4-12/h1-10H,(H,22,23,25). The van der Waals surface area contributed by atoms with E-state index in [9.17, 15) is 9.18 Å². The second-order valence-corrected chi connectivity index (χ2v) is 6.07. The Balaban J connectivity index is 1.55. The van der Waals surface area contributed by atoms with Gasteiger partial charge < -0.3 is 0 Å². The first kappa shape index (κ1) is 16.0. The summed E-state index contributed by atoms with van der Waals surface area (Å²) in [5.74, 6) is -0.755. The lowest BCUT2D eigenvalue weighted by Crippen LogP contribution is -2.16. The van der Waals surface area contributed by atoms with Crippen LogP contribution in [0.15, 0.2) is 60.8 Å². The Morgan fingerprint density at radius 3 is 2.69 bits per heavy atom. The molecule has 0 aliphatic heterocycles. The van der Waals surface area contributed by atoms with E-state index in [1.165, 1.54) is 29.7 Å². The number of carbonyl (C=O) groups is 1. The van der Waals surface area contributed by atoms with Gasteiger partial charge in [-0.05, 0) is 24.3 Å². The number of carbonyl (C=O) groups excluding carboxylic acids is 1. The van der Waals surface area contributed by atoms with Crippen molar-refractivity contribution in [2.45, 2.75) is 0 Å². The largest absolute Gasteiger partial charge is 0.296 e. The van der Waals surface area contributed by atoms with E-state index in [0.717, 1.165) is 11.9 Å². The Morgan fingerprint density at radius 2 is 1.92 bits per heavy atom. The van der Waals surface area contributed by atoms with E-state index in [4.69, 9.17) is 0 Å². The van der Waals surface area contributed by atoms with Gasteiger partial charge in [-0.2, -0.15) is 0 Å². The summed E-state index contributed by atoms with van der Waals surface area (Å²) < 4.78 is 14.6. The summed E-state index contributed by atoms with van der Waals surface area (Å²) in [5.41, 5.74) is 2.24. The van der Waals surface area contributed by atoms with Crippen LogP contribution in [0.3, 0.4) is 0 Å². The summed E-state index contributed by atoms with van der Waals surface area (Å²) in [4.78, 5) is 28.9. The Kier molecular flexibility index (Phi) is 4.20. The molecule has 0 atom stereocenters. The minimum absolute atomic E-state index is 0.340. The van der Waals surface area contributed by atoms with Crippen molar-refractivity contribution in [3.8, 4) is 17.1 Å². The van der Waals surface area contributed by atoms with Crippen molar-refractivity contribution in [1.29, 1.82) is 0 Å². The Bertz CT molecular complexity index is 1040. The molecule has 9 heteroatoms. The summed E-state index contributed by atoms with van der Waals surface area (Å²) in [6.45, 7) is 0. The fourth-order valence-electron chi connectivity index (χ4n) is 2.31. The Hall–Kier alpha value is -3.46. The van der Waals surface area contributed by atoms with Crippen molar-refractivity contribution in [3.05, 3.63) is 72.3 Å². The number of pyridine rings is 2. The summed E-state index contributed by atoms with van der Waals surface area (Å²) in [6.07, 6.45) is 7.44. The molecule has 4 heterocycles. The van der Waals surface area contributed by atoms with E-state index in [1.54, 1.807) is 40.8 Å². The number of aromatic nitrogens is 5. The summed E-state index contributed by atoms with van der Waals surface area (Å²) >= 11 is 1.26. The van der Waals surface area contributed by atoms with E-state index in [1.807, 2.05) is 0 Å². The number of nitrogens with one attached hydrogen (secondary N) is 1. The average Bonchev–Trinajstić information content (AvgIpc) is 3.32. The molecule has 1 N–H and O–H groups in total. The number of hydrogen-bond donors (Lipinski definition) is 1. The first-order chi connectivity index (χ1) is 12.7. The lowest BCUT2D eigenvalue weighted by molar-refractivity contribution is 0.102. The second kappa shape index (κ2) is 6.81. The van der Waals surface area contributed by atoms with Gasteiger partial charge in [-0.25, -0.2) is 14.4 Å². The van der Waals surface area contributed by atoms with Crippen molar-refractivity contribution in [2.24, 2.45) is 0 Å². The molecule has 7 nitrogen and oxygen atoms in total. The van der Waals surface area contributed by atoms with Gasteiger partial charge >= 0.3 is 0 Å². The van der Waals surface area contributed by atoms with Gasteiger partial charge in [0, 0.05) is 17.8 Å². The van der Waals surface area contributed by atoms with Gasteiger partial charge in [0.2, 0.25) is 0 Å². The summed E-state index contributed by atoms with van der Waals surface area (Å²) in [6, 6.07) is 6.40. The maximum Gasteiger partial charge on any atom is 0.276 e. The first-order valence-electron chi connectivity index (χ1n) is 7.52. The third-order valence-electron chi connectivity index (χ3n) is 3.53. The summed E-state index contributed by atoms with van der Waals surface area (Å²) in [7, 11) is 0. The SMILES string of the molecule is O=C(Nc1nc(-c2ccc(F)cn2)cs1)c1cncn1-c1ccncc1. The molecule has 4 aromatic heterocycles. The van der Waals surface area contributed by atoms with Crippen LogP contribution in [0.5, 0.6) is 0 Å². The zero-order valence-electron chi connectivity index (χ0n) is 13.2. The number of halogens is 1. The van der Waals surface area contributed by atoms with E-state index in [-0.39, 0.29) is 5.91 Å². The van der Waals surface area contributed by atoms with Crippen LogP contribution in [0.4, 0.5) is 9.52 Å². The number of rotatable bonds is 4. The van der Waals surface area contributed by atoms with Gasteiger partial charge in [-0.15, -0.1) is 11.3 Å². The van der Waals surface area contributed by atoms with Crippen LogP contribution in [-0.2, 0) is 0 Å². The number of thiazole rings is 1. The molecule has 0 radical (unpaired) electrons. The molecule has 4 rings (SSSR count). The van der Waals surface area contributed by atoms with Crippen LogP contribution in [0.1, 0.15) is 10.5 Å². The fraction of sp³-hybridized carbons (Fsp3) is 0. The average molecular weight is 366 g/mol. The lowest BCUT2D eigenvalue weighted by Gasteiger charge is -2.07. The van der Waals surface area contributed by atoms with Gasteiger partial charge in [0.15, 0.2) is 5.13 Å². The van der Waals surface area contributed by atoms with Crippen LogP contribution in [0.2, 0.25) is 0 Å². The number of imidazole rings is 1. The van der Waals surface area contributed by atoms with Gasteiger partial charge in [-0.1, -0.05) is 0 Å². The molecule has 0 aliphatic rings. The number of nitrogens with zero attached hydrogens (tertiary/aromatic N) is 5. The minimum Gasteiger partial charge on any atom is -0.296 e. The third-order valence-corrected chi connectivity index (χ3v) is 4.28. The molecule has 0 aliphatic carbocycles. The number of anilines is 1. The van der Waals surface area contributed by atoms with Crippen LogP contribution >= 0.6 is 11.3 Å². The van der Waals surface area contributed by atoms with Crippen LogP contribution in [0.25, 0.3) is 17.1 Å². The topological polar surface area (TPSA) is 85.6 Å². The van der Waals surface area contributed by atoms with Crippen molar-refractivity contribution in [3.63, 3.8) is 0 Å². The van der Waals surface area contributed by atoms with Gasteiger partial charge in [0.25, 0.3) is 5.91 Å². The van der Waals surface area contributed by atoms with Crippen molar-refractivity contribution < 1.29 is 9.18 Å². The molecule has 1 amide bonds. The molecular formula is C17H11FN6OS. The summed E-state index contributed by atoms with van der Waals surface area (Å²) in [5, 5.41) is 4.91. The number of amides is 1. The van der Waals surface area contributed by atoms with Gasteiger partial charge in [-0.3, -0.25) is 24.6 Å². The van der Waals surface area contributed by atoms with Gasteiger partial charge in [0.1, 0.15) is 17.2 Å². The maximum absolute atomic E-state index is 13.0. The van der Waals surface area contributed by atoms with Crippen LogP contribution in [-0.4, -0.2) is 30.4 Å². The van der Waals surface area contributed by atoms with Crippen LogP contribution in [0, 0.1) is 5.82 Å². The molecule has 0 saturated heterocycles. The van der Waals surface area contributed by atoms with E-state index in [2.05, 4.69) is 25.3 Å². The Morgan fingerprint density at radius 1 is 1.08 bits per heavy atom. The molecule has 0 bridgehead atoms. The van der Waals surface area contributed by atoms with Crippen molar-refractivity contribution >= 4 is 22.4 Å². The minimum atomic E-state index is -0.415. The van der Waals surface area contributed by atoms with E-state index < -0.39 is 5.82 Å². The zero-order valence-corrected chi connectivity index (χ0v) is 14.0. The van der Waals surface area contributed by atoms with Crippen molar-refractivity contribution in [2.75, 3.05) is 5.32 Å². The highest BCUT2D eigenvalue weighted by Crippen LogP contribution is 2.24. The predicted octanol–water partition coefficient (Wildman–Crippen LogP) is 3.18. The normalized spacial score (nSPS) is 10.7. The van der Waals surface area contributed by atoms with Crippen molar-refractivity contribution in [1.82, 2.24) is 24.5 Å². The smallest absolute Gasteiger partial charge is 0.276 e. The molecule has 0 spiro atoms. The molecule has 0 unspecified atom stereocenters. The molecule has 0 fully saturated rings. The monoisotopic (exact) mass is 366 g/mol.